The monoisotopic (exact) mass is 190 g/mol. The third kappa shape index (κ3) is 3.16. The van der Waals surface area contributed by atoms with Gasteiger partial charge in [0, 0.05) is 30.5 Å². The molecule has 1 rings (SSSR count). The van der Waals surface area contributed by atoms with Gasteiger partial charge < -0.3 is 4.90 Å². The van der Waals surface area contributed by atoms with E-state index in [0.29, 0.717) is 32.6 Å². The zero-order chi connectivity index (χ0) is 9.68. The van der Waals surface area contributed by atoms with E-state index in [9.17, 15) is 8.78 Å². The molecule has 0 aliphatic carbocycles. The average Bonchev–Trinajstić information content (AvgIpc) is 2.53. The highest BCUT2D eigenvalue weighted by Gasteiger charge is 2.28. The van der Waals surface area contributed by atoms with Crippen molar-refractivity contribution in [3.05, 3.63) is 10.4 Å². The van der Waals surface area contributed by atoms with Crippen molar-refractivity contribution in [2.45, 2.75) is 12.8 Å². The van der Waals surface area contributed by atoms with Crippen LogP contribution in [-0.4, -0.2) is 37.5 Å². The SMILES string of the molecule is [N-]=[N+]=NCCN1CC[C@@H](C(F)F)C1. The fourth-order valence-corrected chi connectivity index (χ4v) is 1.50. The number of hydrogen-bond acceptors (Lipinski definition) is 2. The van der Waals surface area contributed by atoms with Gasteiger partial charge in [0.2, 0.25) is 6.43 Å². The Balaban J connectivity index is 2.21. The minimum Gasteiger partial charge on any atom is -0.303 e. The van der Waals surface area contributed by atoms with Crippen LogP contribution < -0.4 is 0 Å². The maximum Gasteiger partial charge on any atom is 0.242 e. The molecule has 1 heterocycles. The van der Waals surface area contributed by atoms with E-state index >= 15 is 0 Å². The van der Waals surface area contributed by atoms with Gasteiger partial charge in [0.1, 0.15) is 0 Å². The molecule has 0 N–H and O–H groups in total. The van der Waals surface area contributed by atoms with E-state index in [2.05, 4.69) is 10.0 Å². The number of alkyl halides is 2. The molecular formula is C7H12F2N4. The molecule has 6 heteroatoms. The normalized spacial score (nSPS) is 23.5. The fraction of sp³-hybridized carbons (Fsp3) is 1.00. The van der Waals surface area contributed by atoms with Gasteiger partial charge in [0.25, 0.3) is 0 Å². The Morgan fingerprint density at radius 3 is 2.92 bits per heavy atom. The average molecular weight is 190 g/mol. The smallest absolute Gasteiger partial charge is 0.242 e. The quantitative estimate of drug-likeness (QED) is 0.379. The molecule has 1 atom stereocenters. The zero-order valence-corrected chi connectivity index (χ0v) is 7.24. The topological polar surface area (TPSA) is 52.0 Å². The fourth-order valence-electron chi connectivity index (χ4n) is 1.50. The van der Waals surface area contributed by atoms with Gasteiger partial charge in [0.15, 0.2) is 0 Å². The number of azide groups is 1. The third-order valence-electron chi connectivity index (χ3n) is 2.24. The first kappa shape index (κ1) is 10.2. The van der Waals surface area contributed by atoms with Gasteiger partial charge in [-0.1, -0.05) is 5.11 Å². The van der Waals surface area contributed by atoms with E-state index < -0.39 is 12.3 Å². The van der Waals surface area contributed by atoms with Gasteiger partial charge >= 0.3 is 0 Å². The molecule has 0 bridgehead atoms. The van der Waals surface area contributed by atoms with Crippen LogP contribution in [0.25, 0.3) is 10.4 Å². The van der Waals surface area contributed by atoms with Gasteiger partial charge in [-0.25, -0.2) is 8.78 Å². The highest BCUT2D eigenvalue weighted by molar-refractivity contribution is 4.77. The maximum atomic E-state index is 12.2. The largest absolute Gasteiger partial charge is 0.303 e. The maximum absolute atomic E-state index is 12.2. The molecule has 1 saturated heterocycles. The summed E-state index contributed by atoms with van der Waals surface area (Å²) in [5, 5.41) is 3.36. The molecule has 0 aromatic carbocycles. The summed E-state index contributed by atoms with van der Waals surface area (Å²) in [5.74, 6) is -0.494. The highest BCUT2D eigenvalue weighted by Crippen LogP contribution is 2.22. The standard InChI is InChI=1S/C7H12F2N4/c8-7(9)6-1-3-13(5-6)4-2-11-12-10/h6-7H,1-5H2/t6-/m1/s1. The Bertz CT molecular complexity index is 203. The van der Waals surface area contributed by atoms with Crippen LogP contribution >= 0.6 is 0 Å². The molecule has 1 aliphatic rings. The van der Waals surface area contributed by atoms with Crippen molar-refractivity contribution in [2.24, 2.45) is 11.0 Å². The van der Waals surface area contributed by atoms with Crippen molar-refractivity contribution in [3.63, 3.8) is 0 Å². The molecule has 0 amide bonds. The van der Waals surface area contributed by atoms with Crippen LogP contribution in [0, 0.1) is 5.92 Å². The lowest BCUT2D eigenvalue weighted by Crippen LogP contribution is -2.25. The van der Waals surface area contributed by atoms with E-state index in [-0.39, 0.29) is 0 Å². The predicted octanol–water partition coefficient (Wildman–Crippen LogP) is 1.88. The summed E-state index contributed by atoms with van der Waals surface area (Å²) in [4.78, 5) is 4.51. The number of likely N-dealkylation sites (tertiary alicyclic amines) is 1. The Morgan fingerprint density at radius 2 is 2.38 bits per heavy atom. The molecule has 0 spiro atoms. The summed E-state index contributed by atoms with van der Waals surface area (Å²) in [6.07, 6.45) is -1.67. The van der Waals surface area contributed by atoms with E-state index in [4.69, 9.17) is 5.53 Å². The van der Waals surface area contributed by atoms with Crippen molar-refractivity contribution in [2.75, 3.05) is 26.2 Å². The van der Waals surface area contributed by atoms with Crippen molar-refractivity contribution in [1.29, 1.82) is 0 Å². The molecule has 0 radical (unpaired) electrons. The first-order valence-electron chi connectivity index (χ1n) is 4.25. The van der Waals surface area contributed by atoms with Crippen LogP contribution in [0.3, 0.4) is 0 Å². The Hall–Kier alpha value is -0.870. The number of rotatable bonds is 4. The molecular weight excluding hydrogens is 178 g/mol. The predicted molar refractivity (Wildman–Crippen MR) is 44.6 cm³/mol. The molecule has 0 unspecified atom stereocenters. The summed E-state index contributed by atoms with van der Waals surface area (Å²) in [7, 11) is 0. The van der Waals surface area contributed by atoms with Crippen LogP contribution in [0.2, 0.25) is 0 Å². The van der Waals surface area contributed by atoms with E-state index in [1.807, 2.05) is 4.90 Å². The Labute approximate surface area is 75.1 Å². The lowest BCUT2D eigenvalue weighted by molar-refractivity contribution is 0.0810. The first-order chi connectivity index (χ1) is 6.24. The molecule has 4 nitrogen and oxygen atoms in total. The van der Waals surface area contributed by atoms with E-state index in [0.717, 1.165) is 0 Å². The third-order valence-corrected chi connectivity index (χ3v) is 2.24. The lowest BCUT2D eigenvalue weighted by Gasteiger charge is -2.13. The summed E-state index contributed by atoms with van der Waals surface area (Å²) in [6, 6.07) is 0. The van der Waals surface area contributed by atoms with Crippen LogP contribution in [0.4, 0.5) is 8.78 Å². The summed E-state index contributed by atoms with van der Waals surface area (Å²) >= 11 is 0. The van der Waals surface area contributed by atoms with Gasteiger partial charge in [-0.05, 0) is 18.5 Å². The first-order valence-corrected chi connectivity index (χ1v) is 4.25. The Kier molecular flexibility index (Phi) is 3.92. The molecule has 0 saturated carbocycles. The summed E-state index contributed by atoms with van der Waals surface area (Å²) in [6.45, 7) is 2.08. The van der Waals surface area contributed by atoms with Gasteiger partial charge in [-0.15, -0.1) is 0 Å². The number of halogens is 2. The molecule has 0 aromatic heterocycles. The molecule has 1 fully saturated rings. The second-order valence-electron chi connectivity index (χ2n) is 3.14. The van der Waals surface area contributed by atoms with Crippen LogP contribution in [0.5, 0.6) is 0 Å². The molecule has 13 heavy (non-hydrogen) atoms. The Morgan fingerprint density at radius 1 is 1.62 bits per heavy atom. The van der Waals surface area contributed by atoms with Gasteiger partial charge in [0.05, 0.1) is 0 Å². The lowest BCUT2D eigenvalue weighted by atomic mass is 10.1. The summed E-state index contributed by atoms with van der Waals surface area (Å²) in [5.41, 5.74) is 8.00. The highest BCUT2D eigenvalue weighted by atomic mass is 19.3. The van der Waals surface area contributed by atoms with Crippen molar-refractivity contribution < 1.29 is 8.78 Å². The van der Waals surface area contributed by atoms with E-state index in [1.54, 1.807) is 0 Å². The molecule has 0 aromatic rings. The van der Waals surface area contributed by atoms with Crippen molar-refractivity contribution >= 4 is 0 Å². The van der Waals surface area contributed by atoms with Gasteiger partial charge in [-0.3, -0.25) is 0 Å². The second-order valence-corrected chi connectivity index (χ2v) is 3.14. The van der Waals surface area contributed by atoms with E-state index in [1.165, 1.54) is 0 Å². The minimum atomic E-state index is -2.22. The van der Waals surface area contributed by atoms with Crippen molar-refractivity contribution in [1.82, 2.24) is 4.90 Å². The minimum absolute atomic E-state index is 0.368. The number of nitrogens with zero attached hydrogens (tertiary/aromatic N) is 4. The zero-order valence-electron chi connectivity index (χ0n) is 7.24. The molecule has 1 aliphatic heterocycles. The van der Waals surface area contributed by atoms with Crippen molar-refractivity contribution in [3.8, 4) is 0 Å². The van der Waals surface area contributed by atoms with Gasteiger partial charge in [-0.2, -0.15) is 0 Å². The van der Waals surface area contributed by atoms with Crippen LogP contribution in [0.1, 0.15) is 6.42 Å². The number of hydrogen-bond donors (Lipinski definition) is 0. The van der Waals surface area contributed by atoms with Crippen LogP contribution in [-0.2, 0) is 0 Å². The van der Waals surface area contributed by atoms with Crippen LogP contribution in [0.15, 0.2) is 5.11 Å². The second kappa shape index (κ2) is 4.99. The molecule has 74 valence electrons. The summed E-state index contributed by atoms with van der Waals surface area (Å²) < 4.78 is 24.4.